The van der Waals surface area contributed by atoms with Crippen molar-refractivity contribution in [2.75, 3.05) is 0 Å². The molecule has 3 aliphatic carbocycles. The molecule has 1 saturated carbocycles. The Morgan fingerprint density at radius 2 is 2.05 bits per heavy atom. The van der Waals surface area contributed by atoms with E-state index in [2.05, 4.69) is 19.1 Å². The van der Waals surface area contributed by atoms with Crippen LogP contribution in [0.15, 0.2) is 24.3 Å². The molecule has 2 nitrogen and oxygen atoms in total. The number of aryl methyl sites for hydroxylation is 1. The molecule has 3 aliphatic rings. The molecule has 106 valence electrons. The number of benzene rings is 1. The fraction of sp³-hybridized carbons (Fsp3) is 0.556. The summed E-state index contributed by atoms with van der Waals surface area (Å²) in [4.78, 5) is 0. The van der Waals surface area contributed by atoms with Crippen molar-refractivity contribution >= 4 is 5.57 Å². The Balaban J connectivity index is 1.79. The van der Waals surface area contributed by atoms with Crippen LogP contribution >= 0.6 is 0 Å². The van der Waals surface area contributed by atoms with Gasteiger partial charge in [0.25, 0.3) is 0 Å². The predicted molar refractivity (Wildman–Crippen MR) is 79.3 cm³/mol. The van der Waals surface area contributed by atoms with E-state index < -0.39 is 0 Å². The first-order chi connectivity index (χ1) is 9.59. The molecule has 0 unspecified atom stereocenters. The molecule has 4 rings (SSSR count). The number of allylic oxidation sites excluding steroid dienone is 2. The van der Waals surface area contributed by atoms with Crippen LogP contribution in [0.1, 0.15) is 43.7 Å². The van der Waals surface area contributed by atoms with E-state index >= 15 is 0 Å². The van der Waals surface area contributed by atoms with Crippen molar-refractivity contribution in [3.63, 3.8) is 0 Å². The minimum absolute atomic E-state index is 0.0859. The van der Waals surface area contributed by atoms with Gasteiger partial charge in [0, 0.05) is 5.41 Å². The molecule has 20 heavy (non-hydrogen) atoms. The Morgan fingerprint density at radius 3 is 2.90 bits per heavy atom. The number of phenols is 1. The lowest BCUT2D eigenvalue weighted by atomic mass is 9.60. The maximum atomic E-state index is 10.3. The summed E-state index contributed by atoms with van der Waals surface area (Å²) in [5.74, 6) is 1.60. The first-order valence-electron chi connectivity index (χ1n) is 7.80. The molecule has 2 N–H and O–H groups in total. The molecule has 1 aromatic carbocycles. The fourth-order valence-electron chi connectivity index (χ4n) is 4.94. The topological polar surface area (TPSA) is 40.5 Å². The lowest BCUT2D eigenvalue weighted by Crippen LogP contribution is -2.39. The van der Waals surface area contributed by atoms with Crippen LogP contribution in [0.4, 0.5) is 0 Å². The summed E-state index contributed by atoms with van der Waals surface area (Å²) in [6.45, 7) is 2.27. The van der Waals surface area contributed by atoms with E-state index in [-0.39, 0.29) is 11.5 Å². The lowest BCUT2D eigenvalue weighted by molar-refractivity contribution is 0.0251. The molecular formula is C18H22O2. The maximum Gasteiger partial charge on any atom is 0.115 e. The Labute approximate surface area is 120 Å². The number of fused-ring (bicyclic) bond motifs is 5. The van der Waals surface area contributed by atoms with Crippen molar-refractivity contribution < 1.29 is 10.2 Å². The van der Waals surface area contributed by atoms with E-state index in [1.165, 1.54) is 16.7 Å². The van der Waals surface area contributed by atoms with E-state index in [1.807, 2.05) is 6.07 Å². The van der Waals surface area contributed by atoms with Crippen LogP contribution in [0, 0.1) is 17.3 Å². The number of hydrogen-bond acceptors (Lipinski definition) is 2. The van der Waals surface area contributed by atoms with Gasteiger partial charge in [-0.15, -0.1) is 0 Å². The number of aliphatic hydroxyl groups excluding tert-OH is 1. The standard InChI is InChI=1S/C18H22O2/c1-18-9-8-14-13-5-3-12(19)10-11(13)2-4-15(14)16(18)6-7-17(18)20/h3,5,8,10,15-17,19-20H,2,4,6-7,9H2,1H3/t15-,16-,17-,18+/m0/s1. The molecule has 1 aromatic rings. The summed E-state index contributed by atoms with van der Waals surface area (Å²) in [6.07, 6.45) is 7.56. The highest BCUT2D eigenvalue weighted by Gasteiger charge is 2.51. The Kier molecular flexibility index (Phi) is 2.56. The summed E-state index contributed by atoms with van der Waals surface area (Å²) in [7, 11) is 0. The Bertz CT molecular complexity index is 589. The molecule has 0 radical (unpaired) electrons. The quantitative estimate of drug-likeness (QED) is 0.757. The molecule has 0 aromatic heterocycles. The normalized spacial score (nSPS) is 38.7. The third kappa shape index (κ3) is 1.54. The van der Waals surface area contributed by atoms with Gasteiger partial charge in [-0.3, -0.25) is 0 Å². The van der Waals surface area contributed by atoms with Crippen molar-refractivity contribution in [2.24, 2.45) is 17.3 Å². The first-order valence-corrected chi connectivity index (χ1v) is 7.80. The van der Waals surface area contributed by atoms with Crippen LogP contribution in [-0.2, 0) is 6.42 Å². The zero-order valence-electron chi connectivity index (χ0n) is 12.0. The highest BCUT2D eigenvalue weighted by atomic mass is 16.3. The Hall–Kier alpha value is -1.28. The van der Waals surface area contributed by atoms with Crippen molar-refractivity contribution in [1.29, 1.82) is 0 Å². The second kappa shape index (κ2) is 4.11. The van der Waals surface area contributed by atoms with E-state index in [0.29, 0.717) is 17.6 Å². The molecule has 1 fully saturated rings. The van der Waals surface area contributed by atoms with Crippen LogP contribution in [0.2, 0.25) is 0 Å². The molecule has 0 heterocycles. The summed E-state index contributed by atoms with van der Waals surface area (Å²) >= 11 is 0. The predicted octanol–water partition coefficient (Wildman–Crippen LogP) is 3.52. The van der Waals surface area contributed by atoms with Crippen molar-refractivity contribution in [1.82, 2.24) is 0 Å². The van der Waals surface area contributed by atoms with Gasteiger partial charge in [0.1, 0.15) is 5.75 Å². The van der Waals surface area contributed by atoms with E-state index in [0.717, 1.165) is 32.1 Å². The maximum absolute atomic E-state index is 10.3. The first kappa shape index (κ1) is 12.5. The highest BCUT2D eigenvalue weighted by molar-refractivity contribution is 5.73. The van der Waals surface area contributed by atoms with Gasteiger partial charge in [-0.25, -0.2) is 0 Å². The SMILES string of the molecule is C[C@@]12CC=C3c4ccc(O)cc4CC[C@@H]3[C@@H]1CC[C@@H]2O. The molecule has 0 aliphatic heterocycles. The second-order valence-corrected chi connectivity index (χ2v) is 7.06. The van der Waals surface area contributed by atoms with Gasteiger partial charge >= 0.3 is 0 Å². The van der Waals surface area contributed by atoms with Crippen LogP contribution < -0.4 is 0 Å². The zero-order chi connectivity index (χ0) is 13.9. The monoisotopic (exact) mass is 270 g/mol. The molecule has 4 atom stereocenters. The average Bonchev–Trinajstić information content (AvgIpc) is 2.74. The minimum atomic E-state index is -0.133. The van der Waals surface area contributed by atoms with Crippen molar-refractivity contribution in [3.8, 4) is 5.75 Å². The molecule has 0 amide bonds. The fourth-order valence-corrected chi connectivity index (χ4v) is 4.94. The van der Waals surface area contributed by atoms with Crippen LogP contribution in [-0.4, -0.2) is 16.3 Å². The second-order valence-electron chi connectivity index (χ2n) is 7.06. The van der Waals surface area contributed by atoms with Gasteiger partial charge < -0.3 is 10.2 Å². The Morgan fingerprint density at radius 1 is 1.20 bits per heavy atom. The third-order valence-corrected chi connectivity index (χ3v) is 6.13. The van der Waals surface area contributed by atoms with Gasteiger partial charge in [0.05, 0.1) is 6.10 Å². The lowest BCUT2D eigenvalue weighted by Gasteiger charge is -2.45. The van der Waals surface area contributed by atoms with E-state index in [9.17, 15) is 10.2 Å². The van der Waals surface area contributed by atoms with E-state index in [4.69, 9.17) is 0 Å². The van der Waals surface area contributed by atoms with Crippen LogP contribution in [0.3, 0.4) is 0 Å². The van der Waals surface area contributed by atoms with Crippen molar-refractivity contribution in [2.45, 2.75) is 45.1 Å². The summed E-state index contributed by atoms with van der Waals surface area (Å²) in [5, 5.41) is 20.0. The molecule has 2 heteroatoms. The smallest absolute Gasteiger partial charge is 0.115 e. The van der Waals surface area contributed by atoms with Gasteiger partial charge in [-0.1, -0.05) is 19.1 Å². The van der Waals surface area contributed by atoms with Crippen LogP contribution in [0.25, 0.3) is 5.57 Å². The van der Waals surface area contributed by atoms with Gasteiger partial charge in [0.15, 0.2) is 0 Å². The van der Waals surface area contributed by atoms with Gasteiger partial charge in [0.2, 0.25) is 0 Å². The summed E-state index contributed by atoms with van der Waals surface area (Å²) in [6, 6.07) is 5.81. The largest absolute Gasteiger partial charge is 0.508 e. The number of rotatable bonds is 0. The average molecular weight is 270 g/mol. The number of phenolic OH excluding ortho intramolecular Hbond substituents is 1. The molecular weight excluding hydrogens is 248 g/mol. The third-order valence-electron chi connectivity index (χ3n) is 6.13. The number of hydrogen-bond donors (Lipinski definition) is 2. The minimum Gasteiger partial charge on any atom is -0.508 e. The number of aromatic hydroxyl groups is 1. The summed E-state index contributed by atoms with van der Waals surface area (Å²) < 4.78 is 0. The molecule has 0 saturated heterocycles. The van der Waals surface area contributed by atoms with Crippen molar-refractivity contribution in [3.05, 3.63) is 35.4 Å². The zero-order valence-corrected chi connectivity index (χ0v) is 12.0. The van der Waals surface area contributed by atoms with Gasteiger partial charge in [-0.2, -0.15) is 0 Å². The molecule has 0 bridgehead atoms. The van der Waals surface area contributed by atoms with Crippen LogP contribution in [0.5, 0.6) is 5.75 Å². The van der Waals surface area contributed by atoms with E-state index in [1.54, 1.807) is 6.07 Å². The summed E-state index contributed by atoms with van der Waals surface area (Å²) in [5.41, 5.74) is 4.18. The molecule has 0 spiro atoms. The van der Waals surface area contributed by atoms with Gasteiger partial charge in [-0.05, 0) is 72.8 Å². The highest BCUT2D eigenvalue weighted by Crippen LogP contribution is 2.58. The number of aliphatic hydroxyl groups is 1.